The molecule has 1 fully saturated rings. The van der Waals surface area contributed by atoms with Gasteiger partial charge in [0.2, 0.25) is 0 Å². The van der Waals surface area contributed by atoms with E-state index in [1.807, 2.05) is 25.1 Å². The third-order valence-corrected chi connectivity index (χ3v) is 4.14. The summed E-state index contributed by atoms with van der Waals surface area (Å²) in [6.45, 7) is 7.02. The lowest BCUT2D eigenvalue weighted by atomic mass is 9.97. The van der Waals surface area contributed by atoms with Gasteiger partial charge in [0, 0.05) is 17.1 Å². The largest absolute Gasteiger partial charge is 0.494 e. The Morgan fingerprint density at radius 1 is 1.35 bits per heavy atom. The first-order valence-corrected chi connectivity index (χ1v) is 7.87. The molecule has 1 aliphatic heterocycles. The topological polar surface area (TPSA) is 24.5 Å². The Kier molecular flexibility index (Phi) is 6.14. The SMILES string of the molecule is CCOc1ccc(Cl)cc1CNCC1CCN(C)CC1. The van der Waals surface area contributed by atoms with Crippen LogP contribution in [-0.2, 0) is 6.54 Å². The molecular formula is C16H25ClN2O. The quantitative estimate of drug-likeness (QED) is 0.873. The Hall–Kier alpha value is -0.770. The van der Waals surface area contributed by atoms with E-state index < -0.39 is 0 Å². The van der Waals surface area contributed by atoms with E-state index in [1.165, 1.54) is 25.9 Å². The van der Waals surface area contributed by atoms with Crippen LogP contribution in [0.3, 0.4) is 0 Å². The molecule has 1 saturated heterocycles. The van der Waals surface area contributed by atoms with Crippen molar-refractivity contribution in [1.29, 1.82) is 0 Å². The van der Waals surface area contributed by atoms with Crippen molar-refractivity contribution in [3.63, 3.8) is 0 Å². The van der Waals surface area contributed by atoms with E-state index in [2.05, 4.69) is 17.3 Å². The van der Waals surface area contributed by atoms with Gasteiger partial charge < -0.3 is 15.0 Å². The number of rotatable bonds is 6. The second kappa shape index (κ2) is 7.87. The number of likely N-dealkylation sites (tertiary alicyclic amines) is 1. The maximum absolute atomic E-state index is 6.07. The van der Waals surface area contributed by atoms with E-state index in [1.54, 1.807) is 0 Å². The van der Waals surface area contributed by atoms with Crippen molar-refractivity contribution in [2.45, 2.75) is 26.3 Å². The Bertz CT molecular complexity index is 417. The normalized spacial score (nSPS) is 17.4. The molecule has 1 heterocycles. The van der Waals surface area contributed by atoms with Crippen LogP contribution in [0.2, 0.25) is 5.02 Å². The molecule has 3 nitrogen and oxygen atoms in total. The fourth-order valence-electron chi connectivity index (χ4n) is 2.66. The summed E-state index contributed by atoms with van der Waals surface area (Å²) in [6, 6.07) is 5.83. The number of halogens is 1. The summed E-state index contributed by atoms with van der Waals surface area (Å²) in [5.41, 5.74) is 1.15. The van der Waals surface area contributed by atoms with Crippen LogP contribution >= 0.6 is 11.6 Å². The average Bonchev–Trinajstić information content (AvgIpc) is 2.44. The van der Waals surface area contributed by atoms with Crippen LogP contribution in [0.1, 0.15) is 25.3 Å². The van der Waals surface area contributed by atoms with Gasteiger partial charge in [-0.2, -0.15) is 0 Å². The van der Waals surface area contributed by atoms with E-state index >= 15 is 0 Å². The van der Waals surface area contributed by atoms with Crippen LogP contribution < -0.4 is 10.1 Å². The van der Waals surface area contributed by atoms with Gasteiger partial charge in [0.25, 0.3) is 0 Å². The first-order chi connectivity index (χ1) is 9.69. The van der Waals surface area contributed by atoms with Gasteiger partial charge in [0.05, 0.1) is 6.61 Å². The molecule has 0 radical (unpaired) electrons. The van der Waals surface area contributed by atoms with Gasteiger partial charge >= 0.3 is 0 Å². The van der Waals surface area contributed by atoms with Gasteiger partial charge in [-0.15, -0.1) is 0 Å². The Morgan fingerprint density at radius 3 is 2.80 bits per heavy atom. The summed E-state index contributed by atoms with van der Waals surface area (Å²) in [4.78, 5) is 2.40. The molecule has 1 aromatic rings. The van der Waals surface area contributed by atoms with Gasteiger partial charge in [-0.05, 0) is 70.6 Å². The second-order valence-electron chi connectivity index (χ2n) is 5.56. The molecule has 4 heteroatoms. The van der Waals surface area contributed by atoms with Crippen LogP contribution in [0, 0.1) is 5.92 Å². The zero-order valence-corrected chi connectivity index (χ0v) is 13.2. The Labute approximate surface area is 127 Å². The van der Waals surface area contributed by atoms with Crippen molar-refractivity contribution in [1.82, 2.24) is 10.2 Å². The van der Waals surface area contributed by atoms with Crippen molar-refractivity contribution in [3.8, 4) is 5.75 Å². The highest BCUT2D eigenvalue weighted by Gasteiger charge is 2.16. The van der Waals surface area contributed by atoms with Gasteiger partial charge in [0.1, 0.15) is 5.75 Å². The predicted octanol–water partition coefficient (Wildman–Crippen LogP) is 3.17. The maximum Gasteiger partial charge on any atom is 0.123 e. The summed E-state index contributed by atoms with van der Waals surface area (Å²) in [7, 11) is 2.20. The Morgan fingerprint density at radius 2 is 2.10 bits per heavy atom. The minimum absolute atomic E-state index is 0.684. The molecule has 0 aromatic heterocycles. The molecular weight excluding hydrogens is 272 g/mol. The predicted molar refractivity (Wildman–Crippen MR) is 84.5 cm³/mol. The van der Waals surface area contributed by atoms with E-state index in [-0.39, 0.29) is 0 Å². The minimum Gasteiger partial charge on any atom is -0.494 e. The molecule has 0 amide bonds. The molecule has 0 bridgehead atoms. The zero-order valence-electron chi connectivity index (χ0n) is 12.5. The monoisotopic (exact) mass is 296 g/mol. The first kappa shape index (κ1) is 15.6. The third kappa shape index (κ3) is 4.65. The van der Waals surface area contributed by atoms with Crippen LogP contribution in [0.4, 0.5) is 0 Å². The average molecular weight is 297 g/mol. The van der Waals surface area contributed by atoms with Crippen molar-refractivity contribution >= 4 is 11.6 Å². The highest BCUT2D eigenvalue weighted by Crippen LogP contribution is 2.23. The fourth-order valence-corrected chi connectivity index (χ4v) is 2.85. The molecule has 2 rings (SSSR count). The fraction of sp³-hybridized carbons (Fsp3) is 0.625. The molecule has 20 heavy (non-hydrogen) atoms. The molecule has 0 atom stereocenters. The van der Waals surface area contributed by atoms with Gasteiger partial charge in [0.15, 0.2) is 0 Å². The van der Waals surface area contributed by atoms with Crippen LogP contribution in [-0.4, -0.2) is 38.2 Å². The molecule has 1 aliphatic rings. The summed E-state index contributed by atoms with van der Waals surface area (Å²) in [5, 5.41) is 4.32. The molecule has 0 spiro atoms. The lowest BCUT2D eigenvalue weighted by Gasteiger charge is -2.29. The highest BCUT2D eigenvalue weighted by molar-refractivity contribution is 6.30. The molecule has 0 unspecified atom stereocenters. The number of hydrogen-bond donors (Lipinski definition) is 1. The molecule has 1 aromatic carbocycles. The van der Waals surface area contributed by atoms with Crippen LogP contribution in [0.15, 0.2) is 18.2 Å². The lowest BCUT2D eigenvalue weighted by molar-refractivity contribution is 0.215. The second-order valence-corrected chi connectivity index (χ2v) is 6.00. The van der Waals surface area contributed by atoms with Crippen molar-refractivity contribution < 1.29 is 4.74 Å². The first-order valence-electron chi connectivity index (χ1n) is 7.49. The van der Waals surface area contributed by atoms with Crippen molar-refractivity contribution in [2.75, 3.05) is 33.3 Å². The lowest BCUT2D eigenvalue weighted by Crippen LogP contribution is -2.34. The van der Waals surface area contributed by atoms with E-state index in [9.17, 15) is 0 Å². The van der Waals surface area contributed by atoms with E-state index in [0.717, 1.165) is 35.3 Å². The molecule has 1 N–H and O–H groups in total. The van der Waals surface area contributed by atoms with E-state index in [4.69, 9.17) is 16.3 Å². The summed E-state index contributed by atoms with van der Waals surface area (Å²) in [5.74, 6) is 1.73. The maximum atomic E-state index is 6.07. The summed E-state index contributed by atoms with van der Waals surface area (Å²) < 4.78 is 5.64. The summed E-state index contributed by atoms with van der Waals surface area (Å²) in [6.07, 6.45) is 2.58. The minimum atomic E-state index is 0.684. The van der Waals surface area contributed by atoms with Crippen LogP contribution in [0.25, 0.3) is 0 Å². The highest BCUT2D eigenvalue weighted by atomic mass is 35.5. The molecule has 112 valence electrons. The molecule has 0 saturated carbocycles. The van der Waals surface area contributed by atoms with E-state index in [0.29, 0.717) is 6.61 Å². The molecule has 0 aliphatic carbocycles. The Balaban J connectivity index is 1.82. The zero-order chi connectivity index (χ0) is 14.4. The van der Waals surface area contributed by atoms with Crippen molar-refractivity contribution in [2.24, 2.45) is 5.92 Å². The smallest absolute Gasteiger partial charge is 0.123 e. The number of benzene rings is 1. The number of nitrogens with one attached hydrogen (secondary N) is 1. The van der Waals surface area contributed by atoms with Crippen molar-refractivity contribution in [3.05, 3.63) is 28.8 Å². The number of ether oxygens (including phenoxy) is 1. The number of piperidine rings is 1. The summed E-state index contributed by atoms with van der Waals surface area (Å²) >= 11 is 6.07. The van der Waals surface area contributed by atoms with Gasteiger partial charge in [-0.1, -0.05) is 11.6 Å². The van der Waals surface area contributed by atoms with Gasteiger partial charge in [-0.25, -0.2) is 0 Å². The van der Waals surface area contributed by atoms with Gasteiger partial charge in [-0.3, -0.25) is 0 Å². The third-order valence-electron chi connectivity index (χ3n) is 3.91. The van der Waals surface area contributed by atoms with Crippen LogP contribution in [0.5, 0.6) is 5.75 Å². The standard InChI is InChI=1S/C16H25ClN2O/c1-3-20-16-5-4-15(17)10-14(16)12-18-11-13-6-8-19(2)9-7-13/h4-5,10,13,18H,3,6-9,11-12H2,1-2H3. The number of hydrogen-bond acceptors (Lipinski definition) is 3. The number of nitrogens with zero attached hydrogens (tertiary/aromatic N) is 1.